The molecule has 0 aromatic heterocycles. The van der Waals surface area contributed by atoms with Crippen LogP contribution in [0.15, 0.2) is 24.3 Å². The number of hydrogen-bond acceptors (Lipinski definition) is 2. The summed E-state index contributed by atoms with van der Waals surface area (Å²) in [7, 11) is 0. The Balaban J connectivity index is 2.42. The largest absolute Gasteiger partial charge is 0.491 e. The van der Waals surface area contributed by atoms with Gasteiger partial charge in [0.25, 0.3) is 0 Å². The van der Waals surface area contributed by atoms with Crippen LogP contribution in [0.1, 0.15) is 6.42 Å². The fourth-order valence-corrected chi connectivity index (χ4v) is 1.56. The Hall–Kier alpha value is -1.71. The van der Waals surface area contributed by atoms with Crippen LogP contribution >= 0.6 is 0 Å². The van der Waals surface area contributed by atoms with Crippen LogP contribution in [-0.4, -0.2) is 19.2 Å². The first kappa shape index (κ1) is 8.87. The van der Waals surface area contributed by atoms with Gasteiger partial charge in [-0.3, -0.25) is 4.90 Å². The van der Waals surface area contributed by atoms with Crippen molar-refractivity contribution in [1.82, 2.24) is 0 Å². The number of primary amides is 1. The number of benzene rings is 1. The van der Waals surface area contributed by atoms with E-state index in [0.29, 0.717) is 13.2 Å². The van der Waals surface area contributed by atoms with E-state index in [2.05, 4.69) is 0 Å². The predicted octanol–water partition coefficient (Wildman–Crippen LogP) is 1.35. The smallest absolute Gasteiger partial charge is 0.319 e. The summed E-state index contributed by atoms with van der Waals surface area (Å²) in [5.74, 6) is 0.726. The van der Waals surface area contributed by atoms with Gasteiger partial charge in [0, 0.05) is 6.54 Å². The highest BCUT2D eigenvalue weighted by atomic mass is 16.5. The maximum Gasteiger partial charge on any atom is 0.319 e. The van der Waals surface area contributed by atoms with Gasteiger partial charge < -0.3 is 10.5 Å². The molecule has 1 heterocycles. The first-order chi connectivity index (χ1) is 6.79. The van der Waals surface area contributed by atoms with Gasteiger partial charge in [0.1, 0.15) is 5.75 Å². The first-order valence-corrected chi connectivity index (χ1v) is 4.58. The van der Waals surface area contributed by atoms with Gasteiger partial charge in [-0.15, -0.1) is 0 Å². The number of carbonyl (C=O) groups excluding carboxylic acids is 1. The maximum atomic E-state index is 11.2. The normalized spacial score (nSPS) is 15.3. The first-order valence-electron chi connectivity index (χ1n) is 4.58. The zero-order chi connectivity index (χ0) is 9.97. The van der Waals surface area contributed by atoms with E-state index in [9.17, 15) is 4.79 Å². The molecule has 2 N–H and O–H groups in total. The minimum absolute atomic E-state index is 0.428. The van der Waals surface area contributed by atoms with Crippen molar-refractivity contribution in [3.8, 4) is 5.75 Å². The van der Waals surface area contributed by atoms with E-state index in [1.54, 1.807) is 4.90 Å². The molecule has 4 heteroatoms. The molecule has 0 saturated carbocycles. The summed E-state index contributed by atoms with van der Waals surface area (Å²) in [6.07, 6.45) is 0.803. The van der Waals surface area contributed by atoms with E-state index in [1.165, 1.54) is 0 Å². The van der Waals surface area contributed by atoms with Gasteiger partial charge in [0.05, 0.1) is 12.3 Å². The number of ether oxygens (including phenoxy) is 1. The Labute approximate surface area is 82.3 Å². The molecular formula is C10H12N2O2. The average molecular weight is 192 g/mol. The van der Waals surface area contributed by atoms with Crippen molar-refractivity contribution in [3.63, 3.8) is 0 Å². The molecule has 2 rings (SSSR count). The summed E-state index contributed by atoms with van der Waals surface area (Å²) in [5, 5.41) is 0. The molecule has 74 valence electrons. The lowest BCUT2D eigenvalue weighted by atomic mass is 10.2. The number of anilines is 1. The van der Waals surface area contributed by atoms with Gasteiger partial charge in [0.15, 0.2) is 0 Å². The fraction of sp³-hybridized carbons (Fsp3) is 0.300. The molecule has 1 aromatic rings. The maximum absolute atomic E-state index is 11.2. The highest BCUT2D eigenvalue weighted by Crippen LogP contribution is 2.29. The number of nitrogens with zero attached hydrogens (tertiary/aromatic N) is 1. The Kier molecular flexibility index (Phi) is 2.26. The summed E-state index contributed by atoms with van der Waals surface area (Å²) < 4.78 is 5.48. The molecule has 0 aliphatic carbocycles. The number of para-hydroxylation sites is 2. The fourth-order valence-electron chi connectivity index (χ4n) is 1.56. The van der Waals surface area contributed by atoms with Gasteiger partial charge in [-0.2, -0.15) is 0 Å². The molecule has 2 amide bonds. The van der Waals surface area contributed by atoms with Crippen molar-refractivity contribution in [2.45, 2.75) is 6.42 Å². The summed E-state index contributed by atoms with van der Waals surface area (Å²) in [4.78, 5) is 12.7. The minimum Gasteiger partial charge on any atom is -0.491 e. The average Bonchev–Trinajstić information content (AvgIpc) is 2.39. The number of amides is 2. The second kappa shape index (κ2) is 3.57. The molecule has 0 bridgehead atoms. The lowest BCUT2D eigenvalue weighted by molar-refractivity contribution is 0.254. The van der Waals surface area contributed by atoms with E-state index >= 15 is 0 Å². The van der Waals surface area contributed by atoms with Gasteiger partial charge in [-0.05, 0) is 18.6 Å². The van der Waals surface area contributed by atoms with E-state index in [-0.39, 0.29) is 0 Å². The Morgan fingerprint density at radius 3 is 3.00 bits per heavy atom. The number of rotatable bonds is 0. The lowest BCUT2D eigenvalue weighted by Crippen LogP contribution is -2.36. The molecule has 4 nitrogen and oxygen atoms in total. The molecule has 0 saturated heterocycles. The SMILES string of the molecule is NC(=O)N1CCCOc2ccccc21. The zero-order valence-corrected chi connectivity index (χ0v) is 7.77. The van der Waals surface area contributed by atoms with Crippen LogP contribution in [0.2, 0.25) is 0 Å². The molecule has 0 radical (unpaired) electrons. The van der Waals surface area contributed by atoms with Gasteiger partial charge in [0.2, 0.25) is 0 Å². The second-order valence-corrected chi connectivity index (χ2v) is 3.16. The monoisotopic (exact) mass is 192 g/mol. The molecule has 14 heavy (non-hydrogen) atoms. The van der Waals surface area contributed by atoms with Crippen LogP contribution in [0.4, 0.5) is 10.5 Å². The number of urea groups is 1. The van der Waals surface area contributed by atoms with Gasteiger partial charge in [-0.1, -0.05) is 12.1 Å². The topological polar surface area (TPSA) is 55.6 Å². The molecule has 1 aliphatic rings. The van der Waals surface area contributed by atoms with Crippen molar-refractivity contribution in [2.75, 3.05) is 18.1 Å². The van der Waals surface area contributed by atoms with Gasteiger partial charge in [-0.25, -0.2) is 4.79 Å². The van der Waals surface area contributed by atoms with Crippen LogP contribution in [0.25, 0.3) is 0 Å². The van der Waals surface area contributed by atoms with Crippen LogP contribution in [0.3, 0.4) is 0 Å². The zero-order valence-electron chi connectivity index (χ0n) is 7.77. The third-order valence-electron chi connectivity index (χ3n) is 2.21. The molecular weight excluding hydrogens is 180 g/mol. The van der Waals surface area contributed by atoms with Gasteiger partial charge >= 0.3 is 6.03 Å². The quantitative estimate of drug-likeness (QED) is 0.674. The van der Waals surface area contributed by atoms with Crippen molar-refractivity contribution in [1.29, 1.82) is 0 Å². The van der Waals surface area contributed by atoms with Crippen LogP contribution in [-0.2, 0) is 0 Å². The Bertz CT molecular complexity index is 352. The third-order valence-corrected chi connectivity index (χ3v) is 2.21. The number of fused-ring (bicyclic) bond motifs is 1. The van der Waals surface area contributed by atoms with Crippen LogP contribution in [0.5, 0.6) is 5.75 Å². The minimum atomic E-state index is -0.428. The summed E-state index contributed by atoms with van der Waals surface area (Å²) in [5.41, 5.74) is 6.04. The van der Waals surface area contributed by atoms with E-state index in [1.807, 2.05) is 24.3 Å². The van der Waals surface area contributed by atoms with Crippen molar-refractivity contribution >= 4 is 11.7 Å². The van der Waals surface area contributed by atoms with Crippen LogP contribution < -0.4 is 15.4 Å². The van der Waals surface area contributed by atoms with Crippen molar-refractivity contribution in [3.05, 3.63) is 24.3 Å². The number of nitrogens with two attached hydrogens (primary N) is 1. The number of hydrogen-bond donors (Lipinski definition) is 1. The highest BCUT2D eigenvalue weighted by molar-refractivity contribution is 5.92. The predicted molar refractivity (Wildman–Crippen MR) is 53.5 cm³/mol. The molecule has 0 atom stereocenters. The van der Waals surface area contributed by atoms with Crippen LogP contribution in [0, 0.1) is 0 Å². The van der Waals surface area contributed by atoms with Crippen molar-refractivity contribution < 1.29 is 9.53 Å². The molecule has 0 spiro atoms. The lowest BCUT2D eigenvalue weighted by Gasteiger charge is -2.18. The summed E-state index contributed by atoms with van der Waals surface area (Å²) >= 11 is 0. The molecule has 1 aromatic carbocycles. The van der Waals surface area contributed by atoms with Crippen molar-refractivity contribution in [2.24, 2.45) is 5.73 Å². The highest BCUT2D eigenvalue weighted by Gasteiger charge is 2.18. The summed E-state index contributed by atoms with van der Waals surface area (Å²) in [6.45, 7) is 1.24. The summed E-state index contributed by atoms with van der Waals surface area (Å²) in [6, 6.07) is 7.00. The molecule has 0 fully saturated rings. The number of carbonyl (C=O) groups is 1. The second-order valence-electron chi connectivity index (χ2n) is 3.16. The Morgan fingerprint density at radius 2 is 2.21 bits per heavy atom. The molecule has 0 unspecified atom stereocenters. The Morgan fingerprint density at radius 1 is 1.43 bits per heavy atom. The standard InChI is InChI=1S/C10H12N2O2/c11-10(13)12-6-3-7-14-9-5-2-1-4-8(9)12/h1-2,4-5H,3,6-7H2,(H2,11,13). The van der Waals surface area contributed by atoms with E-state index < -0.39 is 6.03 Å². The van der Waals surface area contributed by atoms with E-state index in [4.69, 9.17) is 10.5 Å². The molecule has 1 aliphatic heterocycles. The van der Waals surface area contributed by atoms with E-state index in [0.717, 1.165) is 17.9 Å². The third kappa shape index (κ3) is 1.51.